The van der Waals surface area contributed by atoms with Crippen LogP contribution in [0.1, 0.15) is 37.8 Å². The predicted molar refractivity (Wildman–Crippen MR) is 75.1 cm³/mol. The van der Waals surface area contributed by atoms with E-state index in [-0.39, 0.29) is 17.3 Å². The molecule has 1 aromatic carbocycles. The molecular weight excluding hydrogens is 284 g/mol. The molecule has 0 aliphatic carbocycles. The van der Waals surface area contributed by atoms with Gasteiger partial charge in [0.05, 0.1) is 5.56 Å². The molecule has 21 heavy (non-hydrogen) atoms. The lowest BCUT2D eigenvalue weighted by molar-refractivity contribution is -0.137. The fourth-order valence-corrected chi connectivity index (χ4v) is 2.47. The minimum atomic E-state index is -4.51. The van der Waals surface area contributed by atoms with Crippen LogP contribution >= 0.6 is 0 Å². The first-order chi connectivity index (χ1) is 9.68. The Balaban J connectivity index is 2.23. The molecule has 0 amide bonds. The molecule has 1 aliphatic heterocycles. The van der Waals surface area contributed by atoms with Crippen LogP contribution in [-0.4, -0.2) is 19.1 Å². The van der Waals surface area contributed by atoms with Crippen LogP contribution in [-0.2, 0) is 11.8 Å². The van der Waals surface area contributed by atoms with Gasteiger partial charge in [0.15, 0.2) is 0 Å². The van der Waals surface area contributed by atoms with Gasteiger partial charge in [-0.15, -0.1) is 0 Å². The summed E-state index contributed by atoms with van der Waals surface area (Å²) < 4.78 is 53.3. The maximum atomic E-state index is 13.9. The zero-order chi connectivity index (χ0) is 15.7. The molecule has 1 heterocycles. The van der Waals surface area contributed by atoms with Gasteiger partial charge in [-0.1, -0.05) is 6.07 Å². The number of hydrogen-bond acceptors (Lipinski definition) is 2. The minimum Gasteiger partial charge on any atom is -0.383 e. The smallest absolute Gasteiger partial charge is 0.383 e. The molecule has 2 N–H and O–H groups in total. The first-order valence-electron chi connectivity index (χ1n) is 7.06. The Morgan fingerprint density at radius 1 is 1.24 bits per heavy atom. The van der Waals surface area contributed by atoms with Gasteiger partial charge in [0, 0.05) is 18.3 Å². The summed E-state index contributed by atoms with van der Waals surface area (Å²) in [7, 11) is 0. The van der Waals surface area contributed by atoms with E-state index in [1.807, 2.05) is 0 Å². The molecule has 1 atom stereocenters. The van der Waals surface area contributed by atoms with Crippen LogP contribution in [0.2, 0.25) is 0 Å². The van der Waals surface area contributed by atoms with E-state index < -0.39 is 17.4 Å². The van der Waals surface area contributed by atoms with Gasteiger partial charge in [-0.2, -0.15) is 13.2 Å². The molecule has 1 aliphatic rings. The molecule has 1 saturated heterocycles. The molecule has 0 spiro atoms. The van der Waals surface area contributed by atoms with Gasteiger partial charge in [0.2, 0.25) is 0 Å². The molecule has 1 aromatic rings. The maximum Gasteiger partial charge on any atom is 0.418 e. The van der Waals surface area contributed by atoms with E-state index in [9.17, 15) is 17.6 Å². The summed E-state index contributed by atoms with van der Waals surface area (Å²) in [4.78, 5) is 0. The maximum absolute atomic E-state index is 13.9. The summed E-state index contributed by atoms with van der Waals surface area (Å²) in [5.74, 6) is 0. The lowest BCUT2D eigenvalue weighted by Gasteiger charge is -2.21. The third-order valence-electron chi connectivity index (χ3n) is 3.71. The molecule has 2 nitrogen and oxygen atoms in total. The number of halogens is 4. The van der Waals surface area contributed by atoms with Crippen LogP contribution in [0.3, 0.4) is 0 Å². The van der Waals surface area contributed by atoms with Crippen LogP contribution in [0.4, 0.5) is 23.2 Å². The van der Waals surface area contributed by atoms with Crippen molar-refractivity contribution in [3.05, 3.63) is 29.3 Å². The van der Waals surface area contributed by atoms with Crippen molar-refractivity contribution >= 4 is 5.69 Å². The molecule has 0 bridgehead atoms. The van der Waals surface area contributed by atoms with Crippen molar-refractivity contribution < 1.29 is 17.6 Å². The highest BCUT2D eigenvalue weighted by Crippen LogP contribution is 2.38. The number of anilines is 1. The van der Waals surface area contributed by atoms with E-state index in [2.05, 4.69) is 10.6 Å². The first kappa shape index (κ1) is 16.1. The largest absolute Gasteiger partial charge is 0.418 e. The minimum absolute atomic E-state index is 0.00389. The van der Waals surface area contributed by atoms with Gasteiger partial charge in [-0.3, -0.25) is 0 Å². The van der Waals surface area contributed by atoms with Crippen molar-refractivity contribution in [1.29, 1.82) is 0 Å². The van der Waals surface area contributed by atoms with Gasteiger partial charge in [-0.25, -0.2) is 4.39 Å². The molecule has 2 rings (SSSR count). The number of rotatable bonds is 4. The Bertz CT molecular complexity index is 485. The van der Waals surface area contributed by atoms with Crippen LogP contribution in [0.25, 0.3) is 0 Å². The van der Waals surface area contributed by atoms with Crippen molar-refractivity contribution in [3.63, 3.8) is 0 Å². The van der Waals surface area contributed by atoms with Crippen molar-refractivity contribution in [3.8, 4) is 0 Å². The van der Waals surface area contributed by atoms with E-state index >= 15 is 0 Å². The van der Waals surface area contributed by atoms with Crippen LogP contribution in [0, 0.1) is 0 Å². The summed E-state index contributed by atoms with van der Waals surface area (Å²) in [6.45, 7) is 3.82. The quantitative estimate of drug-likeness (QED) is 0.819. The van der Waals surface area contributed by atoms with Crippen molar-refractivity contribution in [2.75, 3.05) is 18.4 Å². The Morgan fingerprint density at radius 3 is 2.48 bits per heavy atom. The van der Waals surface area contributed by atoms with E-state index in [4.69, 9.17) is 0 Å². The van der Waals surface area contributed by atoms with Crippen molar-refractivity contribution in [2.45, 2.75) is 44.6 Å². The third kappa shape index (κ3) is 4.09. The second-order valence-corrected chi connectivity index (χ2v) is 5.90. The number of alkyl halides is 4. The molecule has 1 unspecified atom stereocenters. The Kier molecular flexibility index (Phi) is 4.46. The Labute approximate surface area is 121 Å². The van der Waals surface area contributed by atoms with Gasteiger partial charge in [0.25, 0.3) is 0 Å². The Morgan fingerprint density at radius 2 is 1.95 bits per heavy atom. The molecule has 0 saturated carbocycles. The summed E-state index contributed by atoms with van der Waals surface area (Å²) >= 11 is 0. The molecular formula is C15H20F4N2. The predicted octanol–water partition coefficient (Wildman–Crippen LogP) is 4.07. The average molecular weight is 304 g/mol. The van der Waals surface area contributed by atoms with Gasteiger partial charge in [0.1, 0.15) is 5.67 Å². The normalized spacial score (nSPS) is 19.8. The fraction of sp³-hybridized carbons (Fsp3) is 0.600. The highest BCUT2D eigenvalue weighted by Gasteiger charge is 2.35. The van der Waals surface area contributed by atoms with Crippen LogP contribution < -0.4 is 10.6 Å². The molecule has 6 heteroatoms. The zero-order valence-corrected chi connectivity index (χ0v) is 12.1. The first-order valence-corrected chi connectivity index (χ1v) is 7.06. The zero-order valence-electron chi connectivity index (χ0n) is 12.1. The second kappa shape index (κ2) is 5.83. The topological polar surface area (TPSA) is 24.1 Å². The van der Waals surface area contributed by atoms with Gasteiger partial charge < -0.3 is 10.6 Å². The second-order valence-electron chi connectivity index (χ2n) is 5.90. The molecule has 1 fully saturated rings. The summed E-state index contributed by atoms with van der Waals surface area (Å²) in [5, 5.41) is 6.05. The lowest BCUT2D eigenvalue weighted by Crippen LogP contribution is -2.30. The number of hydrogen-bond donors (Lipinski definition) is 2. The van der Waals surface area contributed by atoms with E-state index in [0.717, 1.165) is 25.5 Å². The standard InChI is InChI=1S/C15H20F4N2/c1-14(2,16)10-5-6-13(12(8-10)15(17,18)19)21-9-11-4-3-7-20-11/h5-6,8,11,20-21H,3-4,7,9H2,1-2H3. The number of benzene rings is 1. The van der Waals surface area contributed by atoms with Crippen molar-refractivity contribution in [2.24, 2.45) is 0 Å². The fourth-order valence-electron chi connectivity index (χ4n) is 2.47. The number of nitrogens with one attached hydrogen (secondary N) is 2. The summed E-state index contributed by atoms with van der Waals surface area (Å²) in [5.41, 5.74) is -2.58. The van der Waals surface area contributed by atoms with E-state index in [1.165, 1.54) is 26.0 Å². The van der Waals surface area contributed by atoms with Gasteiger partial charge >= 0.3 is 6.18 Å². The van der Waals surface area contributed by atoms with Gasteiger partial charge in [-0.05, 0) is 50.9 Å². The van der Waals surface area contributed by atoms with Crippen LogP contribution in [0.15, 0.2) is 18.2 Å². The molecule has 118 valence electrons. The lowest BCUT2D eigenvalue weighted by atomic mass is 9.97. The molecule has 0 radical (unpaired) electrons. The van der Waals surface area contributed by atoms with Crippen LogP contribution in [0.5, 0.6) is 0 Å². The van der Waals surface area contributed by atoms with E-state index in [1.54, 1.807) is 0 Å². The Hall–Kier alpha value is -1.30. The molecule has 0 aromatic heterocycles. The van der Waals surface area contributed by atoms with Crippen molar-refractivity contribution in [1.82, 2.24) is 5.32 Å². The van der Waals surface area contributed by atoms with E-state index in [0.29, 0.717) is 6.54 Å². The average Bonchev–Trinajstić information content (AvgIpc) is 2.87. The summed E-state index contributed by atoms with van der Waals surface area (Å²) in [6, 6.07) is 3.79. The SMILES string of the molecule is CC(C)(F)c1ccc(NCC2CCCN2)c(C(F)(F)F)c1. The monoisotopic (exact) mass is 304 g/mol. The highest BCUT2D eigenvalue weighted by atomic mass is 19.4. The third-order valence-corrected chi connectivity index (χ3v) is 3.71. The summed E-state index contributed by atoms with van der Waals surface area (Å²) in [6.07, 6.45) is -2.52. The highest BCUT2D eigenvalue weighted by molar-refractivity contribution is 5.55.